The lowest BCUT2D eigenvalue weighted by Gasteiger charge is -2.06. The summed E-state index contributed by atoms with van der Waals surface area (Å²) >= 11 is 0. The summed E-state index contributed by atoms with van der Waals surface area (Å²) in [7, 11) is 5.76. The van der Waals surface area contributed by atoms with Crippen molar-refractivity contribution < 1.29 is 1.41 Å². The smallest absolute Gasteiger partial charge is 0.122 e. The van der Waals surface area contributed by atoms with E-state index in [1.54, 1.807) is 7.05 Å². The van der Waals surface area contributed by atoms with Gasteiger partial charge < -0.3 is 10.2 Å². The van der Waals surface area contributed by atoms with Crippen molar-refractivity contribution in [3.8, 4) is 0 Å². The molecular formula is C5H14N2. The van der Waals surface area contributed by atoms with Gasteiger partial charge in [0.15, 0.2) is 0 Å². The van der Waals surface area contributed by atoms with Gasteiger partial charge in [0, 0.05) is 13.1 Å². The van der Waals surface area contributed by atoms with Gasteiger partial charge in [0.1, 0.15) is 1.41 Å². The molecule has 0 aliphatic rings. The summed E-state index contributed by atoms with van der Waals surface area (Å²) in [6.45, 7) is 1.77. The molecule has 0 bridgehead atoms. The number of likely N-dealkylation sites (N-methyl/N-ethyl adjacent to an activating group) is 2. The monoisotopic (exact) mass is 103 g/mol. The predicted octanol–water partition coefficient (Wildman–Crippen LogP) is -0.233. The second-order valence-corrected chi connectivity index (χ2v) is 1.84. The minimum atomic E-state index is 0.812. The van der Waals surface area contributed by atoms with Crippen LogP contribution in [-0.2, 0) is 0 Å². The molecule has 0 unspecified atom stereocenters. The fourth-order valence-electron chi connectivity index (χ4n) is 0.300. The van der Waals surface area contributed by atoms with E-state index in [-0.39, 0.29) is 0 Å². The first-order chi connectivity index (χ1) is 3.63. The van der Waals surface area contributed by atoms with E-state index in [1.165, 1.54) is 5.31 Å². The fraction of sp³-hybridized carbons (Fsp3) is 1.00. The Labute approximate surface area is 47.0 Å². The average Bonchev–Trinajstić information content (AvgIpc) is 1.61. The molecule has 44 valence electrons. The highest BCUT2D eigenvalue weighted by molar-refractivity contribution is 4.42. The van der Waals surface area contributed by atoms with Crippen LogP contribution in [0.5, 0.6) is 0 Å². The van der Waals surface area contributed by atoms with Crippen LogP contribution in [-0.4, -0.2) is 39.1 Å². The molecule has 0 spiro atoms. The minimum absolute atomic E-state index is 0.812. The van der Waals surface area contributed by atoms with Crippen LogP contribution >= 0.6 is 0 Å². The molecule has 0 radical (unpaired) electrons. The molecule has 0 aromatic carbocycles. The van der Waals surface area contributed by atoms with Gasteiger partial charge in [-0.1, -0.05) is 0 Å². The van der Waals surface area contributed by atoms with Crippen molar-refractivity contribution in [1.29, 1.82) is 0 Å². The maximum absolute atomic E-state index is 6.98. The summed E-state index contributed by atoms with van der Waals surface area (Å²) in [6, 6.07) is 0. The van der Waals surface area contributed by atoms with Gasteiger partial charge >= 0.3 is 0 Å². The molecule has 0 aromatic rings. The van der Waals surface area contributed by atoms with Gasteiger partial charge in [0.2, 0.25) is 0 Å². The van der Waals surface area contributed by atoms with Gasteiger partial charge in [-0.15, -0.1) is 0 Å². The zero-order valence-electron chi connectivity index (χ0n) is 6.31. The highest BCUT2D eigenvalue weighted by atomic mass is 15.1. The van der Waals surface area contributed by atoms with Crippen molar-refractivity contribution in [1.82, 2.24) is 10.2 Å². The van der Waals surface area contributed by atoms with E-state index in [9.17, 15) is 0 Å². The lowest BCUT2D eigenvalue weighted by Crippen LogP contribution is -2.23. The van der Waals surface area contributed by atoms with Crippen molar-refractivity contribution in [2.75, 3.05) is 34.2 Å². The molecule has 0 aliphatic carbocycles. The molecule has 0 saturated carbocycles. The summed E-state index contributed by atoms with van der Waals surface area (Å²) in [4.78, 5) is 2.06. The number of hydrogen-bond acceptors (Lipinski definition) is 2. The highest BCUT2D eigenvalue weighted by Gasteiger charge is 1.82. The Kier molecular flexibility index (Phi) is 2.96. The van der Waals surface area contributed by atoms with E-state index in [2.05, 4.69) is 4.90 Å². The molecule has 1 N–H and O–H groups in total. The number of hydrogen-bond donors (Lipinski definition) is 1. The van der Waals surface area contributed by atoms with Gasteiger partial charge in [-0.2, -0.15) is 0 Å². The quantitative estimate of drug-likeness (QED) is 0.530. The molecule has 0 atom stereocenters. The molecule has 2 nitrogen and oxygen atoms in total. The third-order valence-corrected chi connectivity index (χ3v) is 0.771. The zero-order valence-corrected chi connectivity index (χ0v) is 5.31. The van der Waals surface area contributed by atoms with E-state index in [0.717, 1.165) is 13.1 Å². The molecule has 0 aromatic heterocycles. The maximum Gasteiger partial charge on any atom is 0.122 e. The van der Waals surface area contributed by atoms with Crippen LogP contribution < -0.4 is 5.31 Å². The molecule has 0 saturated heterocycles. The van der Waals surface area contributed by atoms with E-state index < -0.39 is 0 Å². The van der Waals surface area contributed by atoms with E-state index in [4.69, 9.17) is 1.41 Å². The normalized spacial score (nSPS) is 13.0. The second-order valence-electron chi connectivity index (χ2n) is 1.84. The fourth-order valence-corrected chi connectivity index (χ4v) is 0.300. The molecule has 0 heterocycles. The van der Waals surface area contributed by atoms with Crippen molar-refractivity contribution >= 4 is 0 Å². The van der Waals surface area contributed by atoms with Crippen molar-refractivity contribution in [3.63, 3.8) is 0 Å². The van der Waals surface area contributed by atoms with Gasteiger partial charge in [-0.3, -0.25) is 0 Å². The van der Waals surface area contributed by atoms with Crippen LogP contribution in [0, 0.1) is 0 Å². The Hall–Kier alpha value is -0.0800. The van der Waals surface area contributed by atoms with Crippen LogP contribution in [0.25, 0.3) is 0 Å². The van der Waals surface area contributed by atoms with Gasteiger partial charge in [-0.25, -0.2) is 0 Å². The highest BCUT2D eigenvalue weighted by Crippen LogP contribution is 1.66. The first kappa shape index (κ1) is 5.06. The van der Waals surface area contributed by atoms with Crippen LogP contribution in [0.4, 0.5) is 0 Å². The van der Waals surface area contributed by atoms with E-state index in [1.807, 2.05) is 14.1 Å². The second kappa shape index (κ2) is 4.09. The van der Waals surface area contributed by atoms with Crippen molar-refractivity contribution in [2.45, 2.75) is 0 Å². The first-order valence-corrected chi connectivity index (χ1v) is 2.47. The van der Waals surface area contributed by atoms with E-state index >= 15 is 0 Å². The maximum atomic E-state index is 6.98. The van der Waals surface area contributed by atoms with Gasteiger partial charge in [-0.05, 0) is 21.1 Å². The number of nitrogens with one attached hydrogen (secondary N) is 1. The van der Waals surface area contributed by atoms with Crippen LogP contribution in [0.1, 0.15) is 0 Å². The Morgan fingerprint density at radius 3 is 2.43 bits per heavy atom. The van der Waals surface area contributed by atoms with Crippen molar-refractivity contribution in [2.24, 2.45) is 0 Å². The first-order valence-electron chi connectivity index (χ1n) is 2.92. The number of nitrogens with zero attached hydrogens (tertiary/aromatic N) is 1. The zero-order chi connectivity index (χ0) is 6.57. The van der Waals surface area contributed by atoms with Crippen LogP contribution in [0.3, 0.4) is 0 Å². The van der Waals surface area contributed by atoms with Gasteiger partial charge in [0.05, 0.1) is 0 Å². The molecular weight excluding hydrogens is 88.1 g/mol. The minimum Gasteiger partial charge on any atom is -0.318 e. The lowest BCUT2D eigenvalue weighted by atomic mass is 10.6. The van der Waals surface area contributed by atoms with Crippen LogP contribution in [0.15, 0.2) is 0 Å². The Balaban J connectivity index is 2.93. The molecule has 0 rings (SSSR count). The molecule has 0 aliphatic heterocycles. The summed E-state index contributed by atoms with van der Waals surface area (Å²) < 4.78 is 6.98. The predicted molar refractivity (Wildman–Crippen MR) is 32.5 cm³/mol. The summed E-state index contributed by atoms with van der Waals surface area (Å²) in [6.07, 6.45) is 0. The summed E-state index contributed by atoms with van der Waals surface area (Å²) in [5.74, 6) is 0. The summed E-state index contributed by atoms with van der Waals surface area (Å²) in [5.41, 5.74) is 0. The summed E-state index contributed by atoms with van der Waals surface area (Å²) in [5, 5.41) is 1.43. The SMILES string of the molecule is [2H]N(C)CCN(C)C. The topological polar surface area (TPSA) is 15.3 Å². The molecule has 7 heavy (non-hydrogen) atoms. The molecule has 0 fully saturated rings. The average molecular weight is 103 g/mol. The van der Waals surface area contributed by atoms with E-state index in [0.29, 0.717) is 0 Å². The largest absolute Gasteiger partial charge is 0.318 e. The standard InChI is InChI=1S/C5H14N2/c1-6-4-5-7(2)3/h6H,4-5H2,1-3H3/i/hD. The molecule has 0 amide bonds. The lowest BCUT2D eigenvalue weighted by molar-refractivity contribution is 0.407. The number of rotatable bonds is 3. The third kappa shape index (κ3) is 5.92. The Morgan fingerprint density at radius 1 is 1.71 bits per heavy atom. The Morgan fingerprint density at radius 2 is 2.29 bits per heavy atom. The van der Waals surface area contributed by atoms with Crippen molar-refractivity contribution in [3.05, 3.63) is 0 Å². The van der Waals surface area contributed by atoms with Crippen LogP contribution in [0.2, 0.25) is 1.41 Å². The molecule has 2 heteroatoms. The third-order valence-electron chi connectivity index (χ3n) is 0.771. The Bertz CT molecular complexity index is 46.4. The van der Waals surface area contributed by atoms with Gasteiger partial charge in [0.25, 0.3) is 0 Å².